The van der Waals surface area contributed by atoms with Crippen LogP contribution < -0.4 is 5.32 Å². The van der Waals surface area contributed by atoms with E-state index in [4.69, 9.17) is 5.11 Å². The van der Waals surface area contributed by atoms with Crippen LogP contribution in [0.4, 0.5) is 19.0 Å². The van der Waals surface area contributed by atoms with Gasteiger partial charge in [0.1, 0.15) is 5.82 Å². The number of anilines is 1. The molecule has 9 heteroatoms. The third kappa shape index (κ3) is 5.11. The van der Waals surface area contributed by atoms with E-state index >= 15 is 0 Å². The van der Waals surface area contributed by atoms with E-state index in [1.54, 1.807) is 18.5 Å². The molecule has 2 heterocycles. The first-order valence-corrected chi connectivity index (χ1v) is 9.23. The number of carboxylic acids is 1. The average Bonchev–Trinajstić information content (AvgIpc) is 2.73. The minimum atomic E-state index is -4.39. The van der Waals surface area contributed by atoms with Gasteiger partial charge in [-0.1, -0.05) is 25.5 Å². The summed E-state index contributed by atoms with van der Waals surface area (Å²) in [5, 5.41) is 12.2. The second kappa shape index (κ2) is 8.89. The summed E-state index contributed by atoms with van der Waals surface area (Å²) in [7, 11) is 0. The van der Waals surface area contributed by atoms with Crippen molar-refractivity contribution in [3.05, 3.63) is 71.7 Å². The van der Waals surface area contributed by atoms with Crippen LogP contribution in [0.15, 0.2) is 55.0 Å². The molecule has 0 aliphatic heterocycles. The highest BCUT2D eigenvalue weighted by Crippen LogP contribution is 2.30. The SMILES string of the molecule is CCCC(Nc1ccc(C(=O)O)cn1)c1cnc(-c2ccc(C(F)(F)F)cc2)nc1. The normalized spacial score (nSPS) is 12.4. The van der Waals surface area contributed by atoms with Crippen LogP contribution in [0.2, 0.25) is 0 Å². The van der Waals surface area contributed by atoms with Crippen molar-refractivity contribution >= 4 is 11.8 Å². The van der Waals surface area contributed by atoms with Crippen LogP contribution >= 0.6 is 0 Å². The van der Waals surface area contributed by atoms with Crippen LogP contribution in [-0.2, 0) is 6.18 Å². The number of aromatic carboxylic acids is 1. The van der Waals surface area contributed by atoms with Crippen molar-refractivity contribution in [2.75, 3.05) is 5.32 Å². The average molecular weight is 416 g/mol. The zero-order valence-electron chi connectivity index (χ0n) is 16.0. The predicted octanol–water partition coefficient (Wildman–Crippen LogP) is 5.21. The molecule has 1 unspecified atom stereocenters. The van der Waals surface area contributed by atoms with Crippen molar-refractivity contribution in [1.29, 1.82) is 0 Å². The summed E-state index contributed by atoms with van der Waals surface area (Å²) in [6.45, 7) is 2.02. The fourth-order valence-electron chi connectivity index (χ4n) is 2.87. The number of benzene rings is 1. The standard InChI is InChI=1S/C21H19F3N4O2/c1-2-3-17(28-18-9-6-14(10-25-18)20(29)30)15-11-26-19(27-12-15)13-4-7-16(8-5-13)21(22,23)24/h4-12,17H,2-3H2,1H3,(H,25,28)(H,29,30). The van der Waals surface area contributed by atoms with Crippen molar-refractivity contribution < 1.29 is 23.1 Å². The van der Waals surface area contributed by atoms with Crippen molar-refractivity contribution in [1.82, 2.24) is 15.0 Å². The van der Waals surface area contributed by atoms with Gasteiger partial charge in [-0.25, -0.2) is 19.7 Å². The molecular weight excluding hydrogens is 397 g/mol. The van der Waals surface area contributed by atoms with Gasteiger partial charge in [-0.15, -0.1) is 0 Å². The van der Waals surface area contributed by atoms with Crippen LogP contribution in [0.25, 0.3) is 11.4 Å². The van der Waals surface area contributed by atoms with Crippen LogP contribution in [0.5, 0.6) is 0 Å². The molecule has 3 rings (SSSR count). The molecule has 0 saturated carbocycles. The fourth-order valence-corrected chi connectivity index (χ4v) is 2.87. The first-order valence-electron chi connectivity index (χ1n) is 9.23. The molecule has 3 aromatic rings. The second-order valence-corrected chi connectivity index (χ2v) is 6.64. The molecule has 0 fully saturated rings. The molecule has 6 nitrogen and oxygen atoms in total. The van der Waals surface area contributed by atoms with E-state index in [0.29, 0.717) is 17.2 Å². The number of halogens is 3. The molecule has 0 bridgehead atoms. The Labute approximate surface area is 170 Å². The molecule has 156 valence electrons. The summed E-state index contributed by atoms with van der Waals surface area (Å²) in [5.41, 5.74) is 0.644. The van der Waals surface area contributed by atoms with Gasteiger partial charge in [-0.2, -0.15) is 13.2 Å². The Morgan fingerprint density at radius 3 is 2.20 bits per heavy atom. The Bertz CT molecular complexity index is 989. The Hall–Kier alpha value is -3.49. The van der Waals surface area contributed by atoms with Crippen molar-refractivity contribution in [2.24, 2.45) is 0 Å². The quantitative estimate of drug-likeness (QED) is 0.550. The number of nitrogens with one attached hydrogen (secondary N) is 1. The minimum absolute atomic E-state index is 0.0943. The third-order valence-electron chi connectivity index (χ3n) is 4.45. The lowest BCUT2D eigenvalue weighted by Gasteiger charge is -2.19. The van der Waals surface area contributed by atoms with Gasteiger partial charge in [0.05, 0.1) is 17.2 Å². The van der Waals surface area contributed by atoms with E-state index in [-0.39, 0.29) is 11.6 Å². The topological polar surface area (TPSA) is 88.0 Å². The summed E-state index contributed by atoms with van der Waals surface area (Å²) < 4.78 is 38.1. The molecule has 0 amide bonds. The smallest absolute Gasteiger partial charge is 0.416 e. The van der Waals surface area contributed by atoms with Crippen molar-refractivity contribution in [3.8, 4) is 11.4 Å². The fraction of sp³-hybridized carbons (Fsp3) is 0.238. The molecule has 1 aromatic carbocycles. The molecule has 30 heavy (non-hydrogen) atoms. The largest absolute Gasteiger partial charge is 0.478 e. The Balaban J connectivity index is 1.77. The second-order valence-electron chi connectivity index (χ2n) is 6.64. The lowest BCUT2D eigenvalue weighted by molar-refractivity contribution is -0.137. The molecular formula is C21H19F3N4O2. The van der Waals surface area contributed by atoms with Crippen LogP contribution in [0.3, 0.4) is 0 Å². The maximum absolute atomic E-state index is 12.7. The first kappa shape index (κ1) is 21.2. The monoisotopic (exact) mass is 416 g/mol. The molecule has 0 radical (unpaired) electrons. The maximum Gasteiger partial charge on any atom is 0.416 e. The Morgan fingerprint density at radius 1 is 1.03 bits per heavy atom. The van der Waals surface area contributed by atoms with Gasteiger partial charge in [0.15, 0.2) is 5.82 Å². The summed E-state index contributed by atoms with van der Waals surface area (Å²) in [4.78, 5) is 23.6. The van der Waals surface area contributed by atoms with Gasteiger partial charge in [0, 0.05) is 29.7 Å². The van der Waals surface area contributed by atoms with Gasteiger partial charge < -0.3 is 10.4 Å². The Morgan fingerprint density at radius 2 is 1.70 bits per heavy atom. The molecule has 2 N–H and O–H groups in total. The molecule has 0 spiro atoms. The van der Waals surface area contributed by atoms with E-state index in [1.807, 2.05) is 6.92 Å². The highest BCUT2D eigenvalue weighted by atomic mass is 19.4. The summed E-state index contributed by atoms with van der Waals surface area (Å²) in [6, 6.07) is 7.58. The van der Waals surface area contributed by atoms with Gasteiger partial charge in [-0.3, -0.25) is 0 Å². The van der Waals surface area contributed by atoms with Gasteiger partial charge >= 0.3 is 12.1 Å². The van der Waals surface area contributed by atoms with E-state index in [9.17, 15) is 18.0 Å². The molecule has 1 atom stereocenters. The number of pyridine rings is 1. The summed E-state index contributed by atoms with van der Waals surface area (Å²) in [6.07, 6.45) is 1.76. The number of hydrogen-bond donors (Lipinski definition) is 2. The van der Waals surface area contributed by atoms with Crippen LogP contribution in [0.1, 0.15) is 47.3 Å². The van der Waals surface area contributed by atoms with E-state index in [1.165, 1.54) is 24.4 Å². The number of alkyl halides is 3. The number of hydrogen-bond acceptors (Lipinski definition) is 5. The van der Waals surface area contributed by atoms with Crippen molar-refractivity contribution in [3.63, 3.8) is 0 Å². The zero-order chi connectivity index (χ0) is 21.7. The predicted molar refractivity (Wildman–Crippen MR) is 105 cm³/mol. The van der Waals surface area contributed by atoms with Gasteiger partial charge in [0.2, 0.25) is 0 Å². The Kier molecular flexibility index (Phi) is 6.29. The number of rotatable bonds is 7. The third-order valence-corrected chi connectivity index (χ3v) is 4.45. The number of nitrogens with zero attached hydrogens (tertiary/aromatic N) is 3. The molecule has 2 aromatic heterocycles. The number of carbonyl (C=O) groups is 1. The van der Waals surface area contributed by atoms with Crippen LogP contribution in [-0.4, -0.2) is 26.0 Å². The highest BCUT2D eigenvalue weighted by Gasteiger charge is 2.30. The van der Waals surface area contributed by atoms with E-state index in [0.717, 1.165) is 30.5 Å². The highest BCUT2D eigenvalue weighted by molar-refractivity contribution is 5.87. The molecule has 0 aliphatic carbocycles. The van der Waals surface area contributed by atoms with Gasteiger partial charge in [0.25, 0.3) is 0 Å². The van der Waals surface area contributed by atoms with E-state index in [2.05, 4.69) is 20.3 Å². The van der Waals surface area contributed by atoms with Gasteiger partial charge in [-0.05, 0) is 30.7 Å². The van der Waals surface area contributed by atoms with Crippen LogP contribution in [0, 0.1) is 0 Å². The van der Waals surface area contributed by atoms with E-state index < -0.39 is 17.7 Å². The molecule has 0 saturated heterocycles. The summed E-state index contributed by atoms with van der Waals surface area (Å²) in [5.74, 6) is -0.205. The maximum atomic E-state index is 12.7. The first-order chi connectivity index (χ1) is 14.3. The minimum Gasteiger partial charge on any atom is -0.478 e. The van der Waals surface area contributed by atoms with Crippen molar-refractivity contribution in [2.45, 2.75) is 32.0 Å². The summed E-state index contributed by atoms with van der Waals surface area (Å²) >= 11 is 0. The number of aromatic nitrogens is 3. The lowest BCUT2D eigenvalue weighted by Crippen LogP contribution is -2.13. The zero-order valence-corrected chi connectivity index (χ0v) is 16.0. The lowest BCUT2D eigenvalue weighted by atomic mass is 10.1. The molecule has 0 aliphatic rings. The number of carboxylic acid groups (broad SMARTS) is 1.